The minimum atomic E-state index is -0.389. The van der Waals surface area contributed by atoms with Crippen molar-refractivity contribution in [2.75, 3.05) is 6.61 Å². The molecule has 0 spiro atoms. The Kier molecular flexibility index (Phi) is 8.07. The average Bonchev–Trinajstić information content (AvgIpc) is 3.11. The SMILES string of the molecule is CCOc1cc(/C=C2/SC(=S)N(NC(=O)c3ccccc3C)C2=O)ccc1OCc1cccc(C)c1. The highest BCUT2D eigenvalue weighted by Crippen LogP contribution is 2.34. The molecular weight excluding hydrogens is 492 g/mol. The minimum absolute atomic E-state index is 0.260. The van der Waals surface area contributed by atoms with Crippen molar-refractivity contribution < 1.29 is 19.1 Å². The fourth-order valence-corrected chi connectivity index (χ4v) is 4.85. The first-order chi connectivity index (χ1) is 17.4. The number of ether oxygens (including phenoxy) is 2. The van der Waals surface area contributed by atoms with E-state index < -0.39 is 0 Å². The lowest BCUT2D eigenvalue weighted by atomic mass is 10.1. The van der Waals surface area contributed by atoms with Gasteiger partial charge in [0.05, 0.1) is 11.5 Å². The average molecular weight is 519 g/mol. The molecule has 0 aliphatic carbocycles. The molecule has 36 heavy (non-hydrogen) atoms. The summed E-state index contributed by atoms with van der Waals surface area (Å²) in [4.78, 5) is 26.1. The number of benzene rings is 3. The predicted octanol–water partition coefficient (Wildman–Crippen LogP) is 5.83. The number of rotatable bonds is 8. The Bertz CT molecular complexity index is 1350. The van der Waals surface area contributed by atoms with E-state index in [9.17, 15) is 9.59 Å². The van der Waals surface area contributed by atoms with Crippen molar-refractivity contribution in [3.8, 4) is 11.5 Å². The first-order valence-corrected chi connectivity index (χ1v) is 12.7. The van der Waals surface area contributed by atoms with E-state index in [1.54, 1.807) is 18.2 Å². The summed E-state index contributed by atoms with van der Waals surface area (Å²) in [5, 5.41) is 1.11. The van der Waals surface area contributed by atoms with Gasteiger partial charge in [0.2, 0.25) is 0 Å². The molecule has 0 atom stereocenters. The normalized spacial score (nSPS) is 14.3. The van der Waals surface area contributed by atoms with E-state index >= 15 is 0 Å². The zero-order valence-electron chi connectivity index (χ0n) is 20.2. The van der Waals surface area contributed by atoms with Crippen LogP contribution >= 0.6 is 24.0 Å². The molecule has 184 valence electrons. The molecule has 0 aromatic heterocycles. The van der Waals surface area contributed by atoms with Gasteiger partial charge in [-0.2, -0.15) is 5.01 Å². The van der Waals surface area contributed by atoms with Crippen LogP contribution in [0, 0.1) is 13.8 Å². The van der Waals surface area contributed by atoms with Gasteiger partial charge in [-0.05, 0) is 74.0 Å². The summed E-state index contributed by atoms with van der Waals surface area (Å²) in [7, 11) is 0. The van der Waals surface area contributed by atoms with Gasteiger partial charge in [0.1, 0.15) is 6.61 Å². The van der Waals surface area contributed by atoms with Crippen LogP contribution in [0.4, 0.5) is 0 Å². The van der Waals surface area contributed by atoms with E-state index in [2.05, 4.69) is 11.5 Å². The summed E-state index contributed by atoms with van der Waals surface area (Å²) in [6.45, 7) is 6.67. The monoisotopic (exact) mass is 518 g/mol. The molecular formula is C28H26N2O4S2. The number of hydrogen-bond donors (Lipinski definition) is 1. The van der Waals surface area contributed by atoms with Gasteiger partial charge in [0, 0.05) is 5.56 Å². The van der Waals surface area contributed by atoms with Crippen LogP contribution < -0.4 is 14.9 Å². The van der Waals surface area contributed by atoms with Gasteiger partial charge in [-0.1, -0.05) is 65.9 Å². The van der Waals surface area contributed by atoms with Crippen LogP contribution in [0.15, 0.2) is 71.6 Å². The molecule has 2 amide bonds. The van der Waals surface area contributed by atoms with Crippen LogP contribution in [-0.4, -0.2) is 27.8 Å². The van der Waals surface area contributed by atoms with Crippen LogP contribution in [0.3, 0.4) is 0 Å². The molecule has 1 N–H and O–H groups in total. The number of nitrogens with one attached hydrogen (secondary N) is 1. The molecule has 1 aliphatic heterocycles. The Morgan fingerprint density at radius 1 is 1.03 bits per heavy atom. The zero-order valence-corrected chi connectivity index (χ0v) is 21.9. The molecule has 1 saturated heterocycles. The Balaban J connectivity index is 1.49. The Morgan fingerprint density at radius 2 is 1.83 bits per heavy atom. The van der Waals surface area contributed by atoms with Crippen LogP contribution in [0.2, 0.25) is 0 Å². The number of hydrazine groups is 1. The largest absolute Gasteiger partial charge is 0.490 e. The van der Waals surface area contributed by atoms with Crippen molar-refractivity contribution in [2.24, 2.45) is 0 Å². The molecule has 1 aliphatic rings. The summed E-state index contributed by atoms with van der Waals surface area (Å²) in [5.41, 5.74) is 6.91. The third kappa shape index (κ3) is 5.95. The molecule has 0 bridgehead atoms. The summed E-state index contributed by atoms with van der Waals surface area (Å²) in [5.74, 6) is 0.430. The molecule has 4 rings (SSSR count). The third-order valence-electron chi connectivity index (χ3n) is 5.44. The predicted molar refractivity (Wildman–Crippen MR) is 147 cm³/mol. The molecule has 6 nitrogen and oxygen atoms in total. The van der Waals surface area contributed by atoms with E-state index in [1.165, 1.54) is 5.56 Å². The van der Waals surface area contributed by atoms with Crippen molar-refractivity contribution in [2.45, 2.75) is 27.4 Å². The lowest BCUT2D eigenvalue weighted by molar-refractivity contribution is -0.123. The molecule has 8 heteroatoms. The van der Waals surface area contributed by atoms with Crippen LogP contribution in [0.1, 0.15) is 39.5 Å². The van der Waals surface area contributed by atoms with Gasteiger partial charge in [0.15, 0.2) is 15.8 Å². The van der Waals surface area contributed by atoms with E-state index in [4.69, 9.17) is 21.7 Å². The fraction of sp³-hybridized carbons (Fsp3) is 0.179. The van der Waals surface area contributed by atoms with Crippen LogP contribution in [0.5, 0.6) is 11.5 Å². The second-order valence-corrected chi connectivity index (χ2v) is 9.87. The highest BCUT2D eigenvalue weighted by Gasteiger charge is 2.34. The van der Waals surface area contributed by atoms with Crippen LogP contribution in [-0.2, 0) is 11.4 Å². The third-order valence-corrected chi connectivity index (χ3v) is 6.74. The van der Waals surface area contributed by atoms with Gasteiger partial charge >= 0.3 is 0 Å². The fourth-order valence-electron chi connectivity index (χ4n) is 3.67. The maximum absolute atomic E-state index is 13.0. The van der Waals surface area contributed by atoms with E-state index in [0.717, 1.165) is 33.5 Å². The summed E-state index contributed by atoms with van der Waals surface area (Å²) in [6.07, 6.45) is 1.73. The molecule has 0 saturated carbocycles. The summed E-state index contributed by atoms with van der Waals surface area (Å²) < 4.78 is 12.1. The van der Waals surface area contributed by atoms with Crippen molar-refractivity contribution >= 4 is 46.2 Å². The first-order valence-electron chi connectivity index (χ1n) is 11.5. The molecule has 1 heterocycles. The minimum Gasteiger partial charge on any atom is -0.490 e. The molecule has 1 fully saturated rings. The Labute approximate surface area is 220 Å². The number of amides is 2. The Hall–Kier alpha value is -3.62. The topological polar surface area (TPSA) is 67.9 Å². The quantitative estimate of drug-likeness (QED) is 0.299. The number of carbonyl (C=O) groups is 2. The van der Waals surface area contributed by atoms with E-state index in [-0.39, 0.29) is 16.1 Å². The highest BCUT2D eigenvalue weighted by atomic mass is 32.2. The number of thiocarbonyl (C=S) groups is 1. The molecule has 3 aromatic rings. The molecule has 0 radical (unpaired) electrons. The number of nitrogens with zero attached hydrogens (tertiary/aromatic N) is 1. The second-order valence-electron chi connectivity index (χ2n) is 8.19. The van der Waals surface area contributed by atoms with Gasteiger partial charge in [-0.3, -0.25) is 15.0 Å². The number of carbonyl (C=O) groups excluding carboxylic acids is 2. The maximum Gasteiger partial charge on any atom is 0.285 e. The van der Waals surface area contributed by atoms with Gasteiger partial charge in [-0.15, -0.1) is 0 Å². The van der Waals surface area contributed by atoms with Gasteiger partial charge < -0.3 is 9.47 Å². The summed E-state index contributed by atoms with van der Waals surface area (Å²) >= 11 is 6.49. The Morgan fingerprint density at radius 3 is 2.58 bits per heavy atom. The highest BCUT2D eigenvalue weighted by molar-refractivity contribution is 8.26. The van der Waals surface area contributed by atoms with Gasteiger partial charge in [0.25, 0.3) is 11.8 Å². The van der Waals surface area contributed by atoms with Crippen molar-refractivity contribution in [1.82, 2.24) is 10.4 Å². The lowest BCUT2D eigenvalue weighted by Gasteiger charge is -2.16. The van der Waals surface area contributed by atoms with Crippen LogP contribution in [0.25, 0.3) is 6.08 Å². The maximum atomic E-state index is 13.0. The second kappa shape index (κ2) is 11.4. The molecule has 3 aromatic carbocycles. The lowest BCUT2D eigenvalue weighted by Crippen LogP contribution is -2.45. The molecule has 0 unspecified atom stereocenters. The number of thioether (sulfide) groups is 1. The van der Waals surface area contributed by atoms with E-state index in [0.29, 0.717) is 35.2 Å². The van der Waals surface area contributed by atoms with Crippen molar-refractivity contribution in [1.29, 1.82) is 0 Å². The first kappa shape index (κ1) is 25.5. The number of aryl methyl sites for hydroxylation is 2. The smallest absolute Gasteiger partial charge is 0.285 e. The zero-order chi connectivity index (χ0) is 25.7. The summed E-state index contributed by atoms with van der Waals surface area (Å²) in [6, 6.07) is 20.8. The van der Waals surface area contributed by atoms with E-state index in [1.807, 2.05) is 69.3 Å². The van der Waals surface area contributed by atoms with Crippen molar-refractivity contribution in [3.05, 3.63) is 99.5 Å². The van der Waals surface area contributed by atoms with Gasteiger partial charge in [-0.25, -0.2) is 0 Å². The van der Waals surface area contributed by atoms with Crippen molar-refractivity contribution in [3.63, 3.8) is 0 Å². The standard InChI is InChI=1S/C28H26N2O4S2/c1-4-33-24-15-20(12-13-23(24)34-17-21-10-7-8-18(2)14-21)16-25-27(32)30(28(35)36-25)29-26(31)22-11-6-5-9-19(22)3/h5-16H,4,17H2,1-3H3,(H,29,31)/b25-16+. The number of hydrogen-bond acceptors (Lipinski definition) is 6.